The van der Waals surface area contributed by atoms with Crippen LogP contribution in [0.4, 0.5) is 9.59 Å². The Bertz CT molecular complexity index is 2100. The molecular weight excluding hydrogens is 729 g/mol. The topological polar surface area (TPSA) is 184 Å². The molecule has 2 saturated heterocycles. The molecule has 2 aliphatic heterocycles. The maximum atomic E-state index is 13.6. The van der Waals surface area contributed by atoms with E-state index in [1.165, 1.54) is 14.2 Å². The SMILES string of the molecule is COC(=O)N[C@H](C(=O)N1CCC[C@H]1c1ncc(-c2ccc(C#Cc3ccc(-c4cnc([C@@H]5OCCCN5C(=O)[C@@H](NC(=O)OC)C(C)C)[nH]4)cc3)cc2)[nH]1)C(C)C. The summed E-state index contributed by atoms with van der Waals surface area (Å²) in [7, 11) is 2.55. The van der Waals surface area contributed by atoms with Crippen molar-refractivity contribution in [2.45, 2.75) is 71.3 Å². The maximum Gasteiger partial charge on any atom is 0.407 e. The number of H-pyrrole nitrogens is 2. The van der Waals surface area contributed by atoms with Crippen molar-refractivity contribution in [3.05, 3.63) is 83.7 Å². The molecule has 0 bridgehead atoms. The highest BCUT2D eigenvalue weighted by Gasteiger charge is 2.38. The number of carbonyl (C=O) groups is 4. The molecule has 4 amide bonds. The highest BCUT2D eigenvalue weighted by Crippen LogP contribution is 2.33. The lowest BCUT2D eigenvalue weighted by atomic mass is 10.0. The molecule has 4 atom stereocenters. The van der Waals surface area contributed by atoms with Crippen LogP contribution in [0.25, 0.3) is 22.5 Å². The first-order valence-electron chi connectivity index (χ1n) is 19.2. The van der Waals surface area contributed by atoms with Crippen LogP contribution in [0.1, 0.15) is 82.0 Å². The molecule has 2 aromatic carbocycles. The highest BCUT2D eigenvalue weighted by molar-refractivity contribution is 5.87. The van der Waals surface area contributed by atoms with Crippen molar-refractivity contribution in [1.82, 2.24) is 40.4 Å². The summed E-state index contributed by atoms with van der Waals surface area (Å²) in [5.41, 5.74) is 5.11. The number of nitrogens with one attached hydrogen (secondary N) is 4. The summed E-state index contributed by atoms with van der Waals surface area (Å²) >= 11 is 0. The highest BCUT2D eigenvalue weighted by atomic mass is 16.5. The van der Waals surface area contributed by atoms with E-state index in [2.05, 4.69) is 42.4 Å². The molecule has 0 saturated carbocycles. The van der Waals surface area contributed by atoms with Gasteiger partial charge in [0, 0.05) is 24.2 Å². The predicted octanol–water partition coefficient (Wildman–Crippen LogP) is 5.54. The number of methoxy groups -OCH3 is 2. The summed E-state index contributed by atoms with van der Waals surface area (Å²) in [6.45, 7) is 9.04. The summed E-state index contributed by atoms with van der Waals surface area (Å²) < 4.78 is 15.5. The minimum absolute atomic E-state index is 0.110. The van der Waals surface area contributed by atoms with Gasteiger partial charge in [-0.3, -0.25) is 9.59 Å². The molecule has 6 rings (SSSR count). The molecule has 15 heteroatoms. The number of aromatic nitrogens is 4. The summed E-state index contributed by atoms with van der Waals surface area (Å²) in [6.07, 6.45) is 3.75. The number of benzene rings is 2. The number of imidazole rings is 2. The largest absolute Gasteiger partial charge is 0.453 e. The van der Waals surface area contributed by atoms with E-state index in [9.17, 15) is 19.2 Å². The normalized spacial score (nSPS) is 17.8. The summed E-state index contributed by atoms with van der Waals surface area (Å²) in [4.78, 5) is 70.3. The molecule has 300 valence electrons. The molecular formula is C42H50N8O7. The van der Waals surface area contributed by atoms with Crippen molar-refractivity contribution in [2.75, 3.05) is 33.9 Å². The van der Waals surface area contributed by atoms with Gasteiger partial charge in [0.2, 0.25) is 11.8 Å². The van der Waals surface area contributed by atoms with Gasteiger partial charge in [-0.15, -0.1) is 0 Å². The van der Waals surface area contributed by atoms with Crippen LogP contribution >= 0.6 is 0 Å². The van der Waals surface area contributed by atoms with E-state index in [1.54, 1.807) is 22.2 Å². The summed E-state index contributed by atoms with van der Waals surface area (Å²) in [6, 6.07) is 14.0. The van der Waals surface area contributed by atoms with Crippen LogP contribution in [-0.4, -0.2) is 99.7 Å². The maximum absolute atomic E-state index is 13.6. The standard InChI is InChI=1S/C42H50N8O7/c1-25(2)34(47-41(53)55-5)38(51)49-20-7-9-33(49)36-43-23-31(45-36)29-16-12-27(13-17-29)10-11-28-14-18-30(19-15-28)32-24-44-37(46-32)40-50(21-8-22-57-40)39(52)35(26(3)4)48-42(54)56-6/h12-19,23-26,33-35,40H,7-9,20-22H2,1-6H3,(H,43,45)(H,44,46)(H,47,53)(H,48,54)/t33-,34-,35-,40-/m0/s1. The smallest absolute Gasteiger partial charge is 0.407 e. The van der Waals surface area contributed by atoms with Gasteiger partial charge in [0.25, 0.3) is 0 Å². The van der Waals surface area contributed by atoms with Crippen LogP contribution < -0.4 is 10.6 Å². The van der Waals surface area contributed by atoms with Crippen LogP contribution in [0, 0.1) is 23.7 Å². The van der Waals surface area contributed by atoms with Crippen molar-refractivity contribution >= 4 is 24.0 Å². The Kier molecular flexibility index (Phi) is 12.9. The Morgan fingerprint density at radius 1 is 0.719 bits per heavy atom. The molecule has 0 radical (unpaired) electrons. The number of rotatable bonds is 10. The fourth-order valence-electron chi connectivity index (χ4n) is 7.03. The van der Waals surface area contributed by atoms with E-state index in [0.717, 1.165) is 46.5 Å². The average molecular weight is 779 g/mol. The summed E-state index contributed by atoms with van der Waals surface area (Å²) in [5, 5.41) is 5.33. The Balaban J connectivity index is 1.08. The minimum Gasteiger partial charge on any atom is -0.453 e. The average Bonchev–Trinajstić information content (AvgIpc) is 4.03. The number of amides is 4. The number of hydrogen-bond acceptors (Lipinski definition) is 9. The van der Waals surface area contributed by atoms with E-state index in [0.29, 0.717) is 37.8 Å². The molecule has 15 nitrogen and oxygen atoms in total. The number of carbonyl (C=O) groups excluding carboxylic acids is 4. The van der Waals surface area contributed by atoms with Crippen molar-refractivity contribution in [1.29, 1.82) is 0 Å². The fraction of sp³-hybridized carbons (Fsp3) is 0.429. The first-order valence-corrected chi connectivity index (χ1v) is 19.2. The fourth-order valence-corrected chi connectivity index (χ4v) is 7.03. The third-order valence-corrected chi connectivity index (χ3v) is 10.2. The third kappa shape index (κ3) is 9.46. The molecule has 2 aliphatic rings. The summed E-state index contributed by atoms with van der Waals surface area (Å²) in [5.74, 6) is 6.98. The second-order valence-corrected chi connectivity index (χ2v) is 14.8. The predicted molar refractivity (Wildman–Crippen MR) is 211 cm³/mol. The molecule has 4 heterocycles. The van der Waals surface area contributed by atoms with E-state index in [4.69, 9.17) is 14.2 Å². The van der Waals surface area contributed by atoms with Gasteiger partial charge in [-0.25, -0.2) is 19.6 Å². The zero-order valence-electron chi connectivity index (χ0n) is 33.1. The molecule has 4 N–H and O–H groups in total. The van der Waals surface area contributed by atoms with Crippen molar-refractivity contribution in [3.63, 3.8) is 0 Å². The van der Waals surface area contributed by atoms with E-state index < -0.39 is 30.5 Å². The number of aromatic amines is 2. The van der Waals surface area contributed by atoms with Crippen molar-refractivity contribution < 1.29 is 33.4 Å². The van der Waals surface area contributed by atoms with Gasteiger partial charge < -0.3 is 44.6 Å². The second kappa shape index (κ2) is 18.2. The number of likely N-dealkylation sites (tertiary alicyclic amines) is 1. The molecule has 4 aromatic rings. The van der Waals surface area contributed by atoms with Gasteiger partial charge in [0.1, 0.15) is 17.9 Å². The van der Waals surface area contributed by atoms with Crippen LogP contribution in [0.2, 0.25) is 0 Å². The Labute approximate surface area is 332 Å². The van der Waals surface area contributed by atoms with Gasteiger partial charge in [-0.05, 0) is 66.5 Å². The molecule has 0 spiro atoms. The minimum atomic E-state index is -0.774. The quantitative estimate of drug-likeness (QED) is 0.150. The van der Waals surface area contributed by atoms with Gasteiger partial charge in [0.05, 0.1) is 50.6 Å². The van der Waals surface area contributed by atoms with Gasteiger partial charge >= 0.3 is 12.2 Å². The zero-order valence-corrected chi connectivity index (χ0v) is 33.1. The van der Waals surface area contributed by atoms with Gasteiger partial charge in [-0.2, -0.15) is 0 Å². The lowest BCUT2D eigenvalue weighted by Gasteiger charge is -2.37. The first kappa shape index (κ1) is 40.5. The van der Waals surface area contributed by atoms with Crippen LogP contribution in [-0.2, 0) is 23.8 Å². The van der Waals surface area contributed by atoms with E-state index >= 15 is 0 Å². The Hall–Kier alpha value is -6.14. The van der Waals surface area contributed by atoms with E-state index in [-0.39, 0.29) is 29.7 Å². The molecule has 57 heavy (non-hydrogen) atoms. The molecule has 2 fully saturated rings. The van der Waals surface area contributed by atoms with Crippen molar-refractivity contribution in [2.24, 2.45) is 11.8 Å². The Morgan fingerprint density at radius 2 is 1.19 bits per heavy atom. The van der Waals surface area contributed by atoms with Gasteiger partial charge in [-0.1, -0.05) is 63.8 Å². The lowest BCUT2D eigenvalue weighted by molar-refractivity contribution is -0.160. The monoisotopic (exact) mass is 778 g/mol. The number of alkyl carbamates (subject to hydrolysis) is 2. The number of hydrogen-bond donors (Lipinski definition) is 4. The third-order valence-electron chi connectivity index (χ3n) is 10.2. The number of ether oxygens (including phenoxy) is 3. The molecule has 0 aliphatic carbocycles. The van der Waals surface area contributed by atoms with Crippen LogP contribution in [0.15, 0.2) is 60.9 Å². The van der Waals surface area contributed by atoms with Gasteiger partial charge in [0.15, 0.2) is 12.1 Å². The lowest BCUT2D eigenvalue weighted by Crippen LogP contribution is -2.54. The first-order chi connectivity index (χ1) is 27.5. The van der Waals surface area contributed by atoms with Crippen LogP contribution in [0.5, 0.6) is 0 Å². The molecule has 2 aromatic heterocycles. The number of nitrogens with zero attached hydrogens (tertiary/aromatic N) is 4. The van der Waals surface area contributed by atoms with Crippen molar-refractivity contribution in [3.8, 4) is 34.4 Å². The Morgan fingerprint density at radius 3 is 1.70 bits per heavy atom. The van der Waals surface area contributed by atoms with Crippen LogP contribution in [0.3, 0.4) is 0 Å². The second-order valence-electron chi connectivity index (χ2n) is 14.8. The van der Waals surface area contributed by atoms with E-state index in [1.807, 2.05) is 76.2 Å². The zero-order chi connectivity index (χ0) is 40.6. The molecule has 0 unspecified atom stereocenters.